The van der Waals surface area contributed by atoms with Crippen LogP contribution in [0.5, 0.6) is 0 Å². The molecule has 2 rings (SSSR count). The number of aliphatic carboxylic acids is 1. The molecule has 3 N–H and O–H groups in total. The van der Waals surface area contributed by atoms with Crippen LogP contribution in [-0.4, -0.2) is 29.6 Å². The third-order valence-electron chi connectivity index (χ3n) is 2.91. The van der Waals surface area contributed by atoms with Crippen LogP contribution < -0.4 is 10.6 Å². The second kappa shape index (κ2) is 4.55. The van der Waals surface area contributed by atoms with Crippen LogP contribution in [0.1, 0.15) is 12.0 Å². The molecular formula is C12H14N2O3. The zero-order valence-corrected chi connectivity index (χ0v) is 9.30. The number of carbonyl (C=O) groups excluding carboxylic acids is 1. The molecule has 1 aliphatic rings. The van der Waals surface area contributed by atoms with Crippen molar-refractivity contribution in [3.63, 3.8) is 0 Å². The SMILES string of the molecule is NC(CCN1C(=O)Cc2ccccc21)C(=O)O. The zero-order chi connectivity index (χ0) is 12.4. The summed E-state index contributed by atoms with van der Waals surface area (Å²) < 4.78 is 0. The Morgan fingerprint density at radius 3 is 2.88 bits per heavy atom. The summed E-state index contributed by atoms with van der Waals surface area (Å²) in [6.45, 7) is 0.351. The lowest BCUT2D eigenvalue weighted by Gasteiger charge is -2.18. The lowest BCUT2D eigenvalue weighted by Crippen LogP contribution is -2.36. The van der Waals surface area contributed by atoms with Gasteiger partial charge in [0.25, 0.3) is 0 Å². The second-order valence-corrected chi connectivity index (χ2v) is 4.08. The standard InChI is InChI=1S/C12H14N2O3/c13-9(12(16)17)5-6-14-10-4-2-1-3-8(10)7-11(14)15/h1-4,9H,5-7,13H2,(H,16,17). The van der Waals surface area contributed by atoms with E-state index in [1.807, 2.05) is 24.3 Å². The van der Waals surface area contributed by atoms with Crippen LogP contribution in [0.3, 0.4) is 0 Å². The van der Waals surface area contributed by atoms with E-state index in [0.717, 1.165) is 11.3 Å². The van der Waals surface area contributed by atoms with Gasteiger partial charge in [-0.2, -0.15) is 0 Å². The number of carbonyl (C=O) groups is 2. The number of nitrogens with two attached hydrogens (primary N) is 1. The highest BCUT2D eigenvalue weighted by molar-refractivity contribution is 6.01. The number of anilines is 1. The van der Waals surface area contributed by atoms with Crippen molar-refractivity contribution < 1.29 is 14.7 Å². The smallest absolute Gasteiger partial charge is 0.320 e. The third-order valence-corrected chi connectivity index (χ3v) is 2.91. The van der Waals surface area contributed by atoms with Crippen molar-refractivity contribution >= 4 is 17.6 Å². The number of hydrogen-bond donors (Lipinski definition) is 2. The van der Waals surface area contributed by atoms with Crippen molar-refractivity contribution in [1.29, 1.82) is 0 Å². The Bertz CT molecular complexity index is 459. The first-order chi connectivity index (χ1) is 8.09. The van der Waals surface area contributed by atoms with Gasteiger partial charge in [0.15, 0.2) is 0 Å². The molecule has 0 fully saturated rings. The van der Waals surface area contributed by atoms with E-state index in [0.29, 0.717) is 13.0 Å². The maximum atomic E-state index is 11.8. The molecule has 0 bridgehead atoms. The number of para-hydroxylation sites is 1. The number of carboxylic acid groups (broad SMARTS) is 1. The fraction of sp³-hybridized carbons (Fsp3) is 0.333. The maximum absolute atomic E-state index is 11.8. The van der Waals surface area contributed by atoms with E-state index in [4.69, 9.17) is 10.8 Å². The molecule has 5 nitrogen and oxygen atoms in total. The molecule has 1 amide bonds. The minimum absolute atomic E-state index is 0.00351. The summed E-state index contributed by atoms with van der Waals surface area (Å²) in [6, 6.07) is 6.60. The van der Waals surface area contributed by atoms with Crippen molar-refractivity contribution in [2.45, 2.75) is 18.9 Å². The number of nitrogens with zero attached hydrogens (tertiary/aromatic N) is 1. The van der Waals surface area contributed by atoms with Crippen LogP contribution in [0.25, 0.3) is 0 Å². The molecule has 1 aromatic rings. The molecule has 17 heavy (non-hydrogen) atoms. The van der Waals surface area contributed by atoms with Crippen molar-refractivity contribution in [2.24, 2.45) is 5.73 Å². The van der Waals surface area contributed by atoms with Gasteiger partial charge in [0.2, 0.25) is 5.91 Å². The van der Waals surface area contributed by atoms with Crippen LogP contribution in [0.4, 0.5) is 5.69 Å². The van der Waals surface area contributed by atoms with E-state index in [1.54, 1.807) is 4.90 Å². The largest absolute Gasteiger partial charge is 0.480 e. The van der Waals surface area contributed by atoms with Gasteiger partial charge in [-0.15, -0.1) is 0 Å². The zero-order valence-electron chi connectivity index (χ0n) is 9.30. The molecule has 0 spiro atoms. The third kappa shape index (κ3) is 2.29. The normalized spacial score (nSPS) is 15.8. The van der Waals surface area contributed by atoms with Gasteiger partial charge < -0.3 is 15.7 Å². The quantitative estimate of drug-likeness (QED) is 0.788. The van der Waals surface area contributed by atoms with Gasteiger partial charge in [-0.1, -0.05) is 18.2 Å². The van der Waals surface area contributed by atoms with Crippen molar-refractivity contribution in [1.82, 2.24) is 0 Å². The Morgan fingerprint density at radius 1 is 1.47 bits per heavy atom. The van der Waals surface area contributed by atoms with E-state index >= 15 is 0 Å². The Labute approximate surface area is 98.8 Å². The summed E-state index contributed by atoms with van der Waals surface area (Å²) >= 11 is 0. The fourth-order valence-electron chi connectivity index (χ4n) is 1.95. The topological polar surface area (TPSA) is 83.6 Å². The number of benzene rings is 1. The van der Waals surface area contributed by atoms with Gasteiger partial charge in [-0.25, -0.2) is 0 Å². The van der Waals surface area contributed by atoms with Crippen molar-refractivity contribution in [2.75, 3.05) is 11.4 Å². The van der Waals surface area contributed by atoms with Gasteiger partial charge in [-0.05, 0) is 18.1 Å². The average molecular weight is 234 g/mol. The average Bonchev–Trinajstić information content (AvgIpc) is 2.61. The lowest BCUT2D eigenvalue weighted by atomic mass is 10.2. The summed E-state index contributed by atoms with van der Waals surface area (Å²) in [5.41, 5.74) is 7.28. The molecule has 0 saturated carbocycles. The van der Waals surface area contributed by atoms with E-state index in [1.165, 1.54) is 0 Å². The highest BCUT2D eigenvalue weighted by Gasteiger charge is 2.27. The van der Waals surface area contributed by atoms with Crippen LogP contribution >= 0.6 is 0 Å². The van der Waals surface area contributed by atoms with Crippen molar-refractivity contribution in [3.8, 4) is 0 Å². The van der Waals surface area contributed by atoms with E-state index in [9.17, 15) is 9.59 Å². The van der Waals surface area contributed by atoms with E-state index < -0.39 is 12.0 Å². The van der Waals surface area contributed by atoms with Crippen LogP contribution in [0, 0.1) is 0 Å². The molecule has 0 radical (unpaired) electrons. The molecule has 1 unspecified atom stereocenters. The molecule has 1 heterocycles. The predicted octanol–water partition coefficient (Wildman–Crippen LogP) is 0.378. The first-order valence-electron chi connectivity index (χ1n) is 5.46. The Balaban J connectivity index is 2.07. The number of hydrogen-bond acceptors (Lipinski definition) is 3. The highest BCUT2D eigenvalue weighted by atomic mass is 16.4. The number of rotatable bonds is 4. The van der Waals surface area contributed by atoms with Crippen molar-refractivity contribution in [3.05, 3.63) is 29.8 Å². The second-order valence-electron chi connectivity index (χ2n) is 4.08. The van der Waals surface area contributed by atoms with Gasteiger partial charge in [-0.3, -0.25) is 9.59 Å². The maximum Gasteiger partial charge on any atom is 0.320 e. The predicted molar refractivity (Wildman–Crippen MR) is 62.7 cm³/mol. The summed E-state index contributed by atoms with van der Waals surface area (Å²) in [5.74, 6) is -1.03. The van der Waals surface area contributed by atoms with Gasteiger partial charge >= 0.3 is 5.97 Å². The van der Waals surface area contributed by atoms with E-state index in [-0.39, 0.29) is 12.3 Å². The Hall–Kier alpha value is -1.88. The molecule has 0 aliphatic carbocycles. The molecule has 1 aliphatic heterocycles. The summed E-state index contributed by atoms with van der Waals surface area (Å²) in [7, 11) is 0. The summed E-state index contributed by atoms with van der Waals surface area (Å²) in [4.78, 5) is 24.0. The highest BCUT2D eigenvalue weighted by Crippen LogP contribution is 2.28. The first kappa shape index (κ1) is 11.6. The van der Waals surface area contributed by atoms with Crippen LogP contribution in [-0.2, 0) is 16.0 Å². The molecule has 5 heteroatoms. The lowest BCUT2D eigenvalue weighted by molar-refractivity contribution is -0.138. The van der Waals surface area contributed by atoms with Crippen LogP contribution in [0.15, 0.2) is 24.3 Å². The van der Waals surface area contributed by atoms with Gasteiger partial charge in [0.1, 0.15) is 6.04 Å². The number of amides is 1. The fourth-order valence-corrected chi connectivity index (χ4v) is 1.95. The minimum atomic E-state index is -1.04. The number of carboxylic acids is 1. The van der Waals surface area contributed by atoms with Gasteiger partial charge in [0.05, 0.1) is 6.42 Å². The molecule has 1 atom stereocenters. The van der Waals surface area contributed by atoms with E-state index in [2.05, 4.69) is 0 Å². The van der Waals surface area contributed by atoms with Gasteiger partial charge in [0, 0.05) is 12.2 Å². The molecule has 1 aromatic carbocycles. The summed E-state index contributed by atoms with van der Waals surface area (Å²) in [5, 5.41) is 8.69. The molecule has 0 aromatic heterocycles. The molecule has 90 valence electrons. The molecule has 0 saturated heterocycles. The number of fused-ring (bicyclic) bond motifs is 1. The Morgan fingerprint density at radius 2 is 2.18 bits per heavy atom. The Kier molecular flexibility index (Phi) is 3.10. The van der Waals surface area contributed by atoms with Crippen LogP contribution in [0.2, 0.25) is 0 Å². The monoisotopic (exact) mass is 234 g/mol. The molecular weight excluding hydrogens is 220 g/mol. The summed E-state index contributed by atoms with van der Waals surface area (Å²) in [6.07, 6.45) is 0.647. The first-order valence-corrected chi connectivity index (χ1v) is 5.46. The minimum Gasteiger partial charge on any atom is -0.480 e.